The molecule has 0 heterocycles. The molecule has 4 heteroatoms. The van der Waals surface area contributed by atoms with Gasteiger partial charge in [0.15, 0.2) is 0 Å². The Kier molecular flexibility index (Phi) is 5.60. The second kappa shape index (κ2) is 6.74. The van der Waals surface area contributed by atoms with Gasteiger partial charge in [-0.2, -0.15) is 0 Å². The van der Waals surface area contributed by atoms with Crippen LogP contribution in [0.2, 0.25) is 5.02 Å². The number of likely N-dealkylation sites (N-methyl/N-ethyl adjacent to an activating group) is 1. The number of rotatable bonds is 6. The Labute approximate surface area is 102 Å². The summed E-state index contributed by atoms with van der Waals surface area (Å²) >= 11 is 6.18. The van der Waals surface area contributed by atoms with E-state index in [9.17, 15) is 0 Å². The van der Waals surface area contributed by atoms with E-state index in [-0.39, 0.29) is 0 Å². The van der Waals surface area contributed by atoms with Crippen LogP contribution in [0.5, 0.6) is 0 Å². The molecule has 1 aromatic rings. The summed E-state index contributed by atoms with van der Waals surface area (Å²) in [5.74, 6) is 0. The van der Waals surface area contributed by atoms with Crippen LogP contribution in [0.1, 0.15) is 12.5 Å². The topological polar surface area (TPSA) is 38.5 Å². The van der Waals surface area contributed by atoms with Gasteiger partial charge >= 0.3 is 0 Å². The van der Waals surface area contributed by atoms with Crippen LogP contribution in [-0.2, 0) is 11.3 Å². The minimum atomic E-state index is 0.517. The minimum absolute atomic E-state index is 0.517. The first-order valence-electron chi connectivity index (χ1n) is 5.46. The van der Waals surface area contributed by atoms with Gasteiger partial charge in [-0.3, -0.25) is 0 Å². The molecule has 0 fully saturated rings. The van der Waals surface area contributed by atoms with Crippen LogP contribution < -0.4 is 10.6 Å². The number of anilines is 1. The van der Waals surface area contributed by atoms with Crippen molar-refractivity contribution in [3.05, 3.63) is 28.8 Å². The third-order valence-electron chi connectivity index (χ3n) is 2.43. The lowest BCUT2D eigenvalue weighted by atomic mass is 10.2. The average Bonchev–Trinajstić information content (AvgIpc) is 2.29. The highest BCUT2D eigenvalue weighted by molar-refractivity contribution is 6.33. The average molecular weight is 243 g/mol. The van der Waals surface area contributed by atoms with Gasteiger partial charge in [-0.15, -0.1) is 0 Å². The summed E-state index contributed by atoms with van der Waals surface area (Å²) in [6, 6.07) is 5.91. The number of hydrogen-bond donors (Lipinski definition) is 1. The van der Waals surface area contributed by atoms with Crippen LogP contribution in [-0.4, -0.2) is 26.8 Å². The fourth-order valence-corrected chi connectivity index (χ4v) is 1.80. The summed E-state index contributed by atoms with van der Waals surface area (Å²) in [4.78, 5) is 2.08. The van der Waals surface area contributed by atoms with Gasteiger partial charge < -0.3 is 15.4 Å². The van der Waals surface area contributed by atoms with E-state index in [0.29, 0.717) is 13.2 Å². The Hall–Kier alpha value is -0.770. The Balaban J connectivity index is 2.64. The van der Waals surface area contributed by atoms with Crippen molar-refractivity contribution in [3.63, 3.8) is 0 Å². The maximum absolute atomic E-state index is 6.18. The van der Waals surface area contributed by atoms with Crippen LogP contribution in [0.4, 0.5) is 5.69 Å². The predicted molar refractivity (Wildman–Crippen MR) is 69.1 cm³/mol. The number of ether oxygens (including phenoxy) is 1. The first-order chi connectivity index (χ1) is 7.69. The highest BCUT2D eigenvalue weighted by Crippen LogP contribution is 2.25. The predicted octanol–water partition coefficient (Wildman–Crippen LogP) is 2.27. The molecule has 0 unspecified atom stereocenters. The van der Waals surface area contributed by atoms with Gasteiger partial charge in [-0.1, -0.05) is 17.7 Å². The molecule has 90 valence electrons. The van der Waals surface area contributed by atoms with Crippen LogP contribution >= 0.6 is 11.6 Å². The first-order valence-corrected chi connectivity index (χ1v) is 5.84. The number of nitrogens with zero attached hydrogens (tertiary/aromatic N) is 1. The highest BCUT2D eigenvalue weighted by Gasteiger charge is 2.06. The molecule has 0 radical (unpaired) electrons. The largest absolute Gasteiger partial charge is 0.380 e. The molecule has 0 atom stereocenters. The van der Waals surface area contributed by atoms with Crippen molar-refractivity contribution in [1.82, 2.24) is 0 Å². The lowest BCUT2D eigenvalue weighted by Gasteiger charge is -2.20. The monoisotopic (exact) mass is 242 g/mol. The summed E-state index contributed by atoms with van der Waals surface area (Å²) in [7, 11) is 2.00. The standard InChI is InChI=1S/C12H19ClN2O/c1-3-16-7-6-15(2)12-5-4-10(9-14)8-11(12)13/h4-5,8H,3,6-7,9,14H2,1-2H3. The van der Waals surface area contributed by atoms with Gasteiger partial charge in [0.2, 0.25) is 0 Å². The van der Waals surface area contributed by atoms with E-state index in [4.69, 9.17) is 22.1 Å². The first kappa shape index (κ1) is 13.3. The second-order valence-corrected chi connectivity index (χ2v) is 4.02. The fraction of sp³-hybridized carbons (Fsp3) is 0.500. The van der Waals surface area contributed by atoms with Crippen molar-refractivity contribution in [3.8, 4) is 0 Å². The number of hydrogen-bond acceptors (Lipinski definition) is 3. The van der Waals surface area contributed by atoms with E-state index < -0.39 is 0 Å². The van der Waals surface area contributed by atoms with Gasteiger partial charge in [0.25, 0.3) is 0 Å². The van der Waals surface area contributed by atoms with Crippen molar-refractivity contribution >= 4 is 17.3 Å². The van der Waals surface area contributed by atoms with E-state index in [0.717, 1.165) is 29.4 Å². The molecule has 0 bridgehead atoms. The van der Waals surface area contributed by atoms with Gasteiger partial charge in [-0.05, 0) is 24.6 Å². The fourth-order valence-electron chi connectivity index (χ4n) is 1.45. The van der Waals surface area contributed by atoms with Crippen LogP contribution in [0, 0.1) is 0 Å². The molecule has 3 nitrogen and oxygen atoms in total. The molecule has 2 N–H and O–H groups in total. The van der Waals surface area contributed by atoms with E-state index in [2.05, 4.69) is 4.90 Å². The summed E-state index contributed by atoms with van der Waals surface area (Å²) in [5.41, 5.74) is 7.61. The lowest BCUT2D eigenvalue weighted by Crippen LogP contribution is -2.22. The van der Waals surface area contributed by atoms with E-state index >= 15 is 0 Å². The lowest BCUT2D eigenvalue weighted by molar-refractivity contribution is 0.154. The Bertz CT molecular complexity index is 331. The maximum Gasteiger partial charge on any atom is 0.0642 e. The van der Waals surface area contributed by atoms with Gasteiger partial charge in [0.05, 0.1) is 17.3 Å². The zero-order valence-electron chi connectivity index (χ0n) is 9.87. The van der Waals surface area contributed by atoms with E-state index in [1.165, 1.54) is 0 Å². The number of halogens is 1. The van der Waals surface area contributed by atoms with E-state index in [1.54, 1.807) is 0 Å². The Morgan fingerprint density at radius 2 is 2.19 bits per heavy atom. The molecule has 1 rings (SSSR count). The highest BCUT2D eigenvalue weighted by atomic mass is 35.5. The summed E-state index contributed by atoms with van der Waals surface area (Å²) in [5, 5.41) is 0.738. The molecular weight excluding hydrogens is 224 g/mol. The van der Waals surface area contributed by atoms with Crippen molar-refractivity contribution in [2.75, 3.05) is 31.7 Å². The summed E-state index contributed by atoms with van der Waals surface area (Å²) in [6.07, 6.45) is 0. The molecule has 1 aromatic carbocycles. The molecule has 16 heavy (non-hydrogen) atoms. The molecule has 0 aliphatic carbocycles. The molecule has 0 saturated heterocycles. The van der Waals surface area contributed by atoms with Crippen LogP contribution in [0.3, 0.4) is 0 Å². The van der Waals surface area contributed by atoms with E-state index in [1.807, 2.05) is 32.2 Å². The number of benzene rings is 1. The molecule has 0 spiro atoms. The zero-order chi connectivity index (χ0) is 12.0. The van der Waals surface area contributed by atoms with Gasteiger partial charge in [0.1, 0.15) is 0 Å². The zero-order valence-corrected chi connectivity index (χ0v) is 10.6. The van der Waals surface area contributed by atoms with Gasteiger partial charge in [0, 0.05) is 26.7 Å². The maximum atomic E-state index is 6.18. The van der Waals surface area contributed by atoms with Crippen molar-refractivity contribution in [2.45, 2.75) is 13.5 Å². The summed E-state index contributed by atoms with van der Waals surface area (Å²) in [6.45, 7) is 4.79. The van der Waals surface area contributed by atoms with Crippen molar-refractivity contribution in [1.29, 1.82) is 0 Å². The molecule has 0 aromatic heterocycles. The Morgan fingerprint density at radius 1 is 1.44 bits per heavy atom. The third-order valence-corrected chi connectivity index (χ3v) is 2.74. The quantitative estimate of drug-likeness (QED) is 0.778. The summed E-state index contributed by atoms with van der Waals surface area (Å²) < 4.78 is 5.31. The SMILES string of the molecule is CCOCCN(C)c1ccc(CN)cc1Cl. The van der Waals surface area contributed by atoms with Crippen LogP contribution in [0.25, 0.3) is 0 Å². The molecule has 0 aliphatic rings. The van der Waals surface area contributed by atoms with Gasteiger partial charge in [-0.25, -0.2) is 0 Å². The molecule has 0 aliphatic heterocycles. The normalized spacial score (nSPS) is 10.5. The third kappa shape index (κ3) is 3.67. The molecular formula is C12H19ClN2O. The minimum Gasteiger partial charge on any atom is -0.380 e. The second-order valence-electron chi connectivity index (χ2n) is 3.61. The molecule has 0 saturated carbocycles. The van der Waals surface area contributed by atoms with Crippen LogP contribution in [0.15, 0.2) is 18.2 Å². The van der Waals surface area contributed by atoms with Crippen molar-refractivity contribution in [2.24, 2.45) is 5.73 Å². The number of nitrogens with two attached hydrogens (primary N) is 1. The van der Waals surface area contributed by atoms with Crippen molar-refractivity contribution < 1.29 is 4.74 Å². The smallest absolute Gasteiger partial charge is 0.0642 e. The Morgan fingerprint density at radius 3 is 2.75 bits per heavy atom. The molecule has 0 amide bonds.